The summed E-state index contributed by atoms with van der Waals surface area (Å²) in [5.41, 5.74) is 7.06. The molecule has 0 aliphatic rings. The van der Waals surface area contributed by atoms with E-state index >= 15 is 0 Å². The maximum atomic E-state index is 11.6. The number of hydrogen-bond acceptors (Lipinski definition) is 2. The van der Waals surface area contributed by atoms with Crippen LogP contribution >= 0.6 is 0 Å². The molecule has 1 aromatic heterocycles. The molecule has 0 radical (unpaired) electrons. The number of rotatable bonds is 2. The van der Waals surface area contributed by atoms with Crippen LogP contribution in [0, 0.1) is 12.3 Å². The van der Waals surface area contributed by atoms with Crippen molar-refractivity contribution < 1.29 is 0 Å². The van der Waals surface area contributed by atoms with Crippen molar-refractivity contribution in [2.75, 3.05) is 0 Å². The van der Waals surface area contributed by atoms with Crippen molar-refractivity contribution in [2.24, 2.45) is 11.1 Å². The lowest BCUT2D eigenvalue weighted by atomic mass is 9.87. The summed E-state index contributed by atoms with van der Waals surface area (Å²) in [6.07, 6.45) is 1.81. The Labute approximate surface area is 90.9 Å². The molecule has 0 saturated carbocycles. The van der Waals surface area contributed by atoms with E-state index in [1.54, 1.807) is 10.6 Å². The van der Waals surface area contributed by atoms with Gasteiger partial charge in [0.1, 0.15) is 0 Å². The van der Waals surface area contributed by atoms with Crippen LogP contribution in [0.4, 0.5) is 0 Å². The van der Waals surface area contributed by atoms with Gasteiger partial charge in [0.05, 0.1) is 0 Å². The van der Waals surface area contributed by atoms with Gasteiger partial charge in [-0.25, -0.2) is 0 Å². The Hall–Kier alpha value is -1.09. The van der Waals surface area contributed by atoms with Crippen LogP contribution in [0.5, 0.6) is 0 Å². The molecule has 15 heavy (non-hydrogen) atoms. The van der Waals surface area contributed by atoms with Crippen molar-refractivity contribution >= 4 is 0 Å². The van der Waals surface area contributed by atoms with E-state index in [1.165, 1.54) is 0 Å². The standard InChI is InChI=1S/C12H20N2O/c1-9-5-6-14(11(15)7-9)8-10(13)12(2,3)4/h5-7,10H,8,13H2,1-4H3. The van der Waals surface area contributed by atoms with Gasteiger partial charge in [-0.15, -0.1) is 0 Å². The minimum atomic E-state index is -0.0158. The molecule has 1 heterocycles. The topological polar surface area (TPSA) is 48.0 Å². The molecule has 0 aromatic carbocycles. The molecule has 1 aromatic rings. The molecule has 1 atom stereocenters. The summed E-state index contributed by atoms with van der Waals surface area (Å²) < 4.78 is 1.67. The van der Waals surface area contributed by atoms with E-state index in [9.17, 15) is 4.79 Å². The molecular weight excluding hydrogens is 188 g/mol. The second-order valence-electron chi connectivity index (χ2n) is 5.17. The highest BCUT2D eigenvalue weighted by Gasteiger charge is 2.20. The lowest BCUT2D eigenvalue weighted by molar-refractivity contribution is 0.289. The molecule has 0 bridgehead atoms. The predicted octanol–water partition coefficient (Wildman–Crippen LogP) is 1.53. The Balaban J connectivity index is 2.87. The predicted molar refractivity (Wildman–Crippen MR) is 62.9 cm³/mol. The van der Waals surface area contributed by atoms with Gasteiger partial charge in [-0.3, -0.25) is 4.79 Å². The first-order valence-corrected chi connectivity index (χ1v) is 5.23. The van der Waals surface area contributed by atoms with Crippen LogP contribution in [0.15, 0.2) is 23.1 Å². The van der Waals surface area contributed by atoms with Gasteiger partial charge in [0.25, 0.3) is 5.56 Å². The van der Waals surface area contributed by atoms with Crippen molar-refractivity contribution in [3.05, 3.63) is 34.2 Å². The highest BCUT2D eigenvalue weighted by Crippen LogP contribution is 2.18. The van der Waals surface area contributed by atoms with Crippen molar-refractivity contribution in [2.45, 2.75) is 40.3 Å². The van der Waals surface area contributed by atoms with E-state index in [1.807, 2.05) is 19.2 Å². The van der Waals surface area contributed by atoms with Gasteiger partial charge in [0, 0.05) is 24.8 Å². The van der Waals surface area contributed by atoms with Gasteiger partial charge >= 0.3 is 0 Å². The number of pyridine rings is 1. The fraction of sp³-hybridized carbons (Fsp3) is 0.583. The van der Waals surface area contributed by atoms with Crippen molar-refractivity contribution in [3.8, 4) is 0 Å². The average Bonchev–Trinajstić information content (AvgIpc) is 2.08. The van der Waals surface area contributed by atoms with Crippen LogP contribution in [0.3, 0.4) is 0 Å². The van der Waals surface area contributed by atoms with Gasteiger partial charge in [0.15, 0.2) is 0 Å². The van der Waals surface area contributed by atoms with Crippen LogP contribution in [0.2, 0.25) is 0 Å². The summed E-state index contributed by atoms with van der Waals surface area (Å²) in [7, 11) is 0. The molecule has 1 rings (SSSR count). The van der Waals surface area contributed by atoms with Crippen molar-refractivity contribution in [3.63, 3.8) is 0 Å². The minimum absolute atomic E-state index is 0.0158. The number of nitrogens with two attached hydrogens (primary N) is 1. The molecule has 84 valence electrons. The molecular formula is C12H20N2O. The normalized spacial score (nSPS) is 13.9. The fourth-order valence-electron chi connectivity index (χ4n) is 1.24. The molecule has 3 nitrogen and oxygen atoms in total. The molecule has 2 N–H and O–H groups in total. The SMILES string of the molecule is Cc1ccn(CC(N)C(C)(C)C)c(=O)c1. The molecule has 3 heteroatoms. The minimum Gasteiger partial charge on any atom is -0.326 e. The lowest BCUT2D eigenvalue weighted by Gasteiger charge is -2.27. The maximum Gasteiger partial charge on any atom is 0.250 e. The smallest absolute Gasteiger partial charge is 0.250 e. The fourth-order valence-corrected chi connectivity index (χ4v) is 1.24. The first-order valence-electron chi connectivity index (χ1n) is 5.23. The summed E-state index contributed by atoms with van der Waals surface area (Å²) >= 11 is 0. The van der Waals surface area contributed by atoms with Crippen LogP contribution in [-0.4, -0.2) is 10.6 Å². The molecule has 1 unspecified atom stereocenters. The van der Waals surface area contributed by atoms with Gasteiger partial charge in [-0.05, 0) is 24.0 Å². The Morgan fingerprint density at radius 2 is 2.07 bits per heavy atom. The summed E-state index contributed by atoms with van der Waals surface area (Å²) in [5, 5.41) is 0. The highest BCUT2D eigenvalue weighted by molar-refractivity contribution is 5.08. The van der Waals surface area contributed by atoms with E-state index in [4.69, 9.17) is 5.73 Å². The van der Waals surface area contributed by atoms with Gasteiger partial charge in [-0.1, -0.05) is 20.8 Å². The molecule has 0 aliphatic heterocycles. The van der Waals surface area contributed by atoms with E-state index in [0.29, 0.717) is 6.54 Å². The average molecular weight is 208 g/mol. The van der Waals surface area contributed by atoms with Crippen molar-refractivity contribution in [1.29, 1.82) is 0 Å². The van der Waals surface area contributed by atoms with E-state index in [0.717, 1.165) is 5.56 Å². The van der Waals surface area contributed by atoms with Gasteiger partial charge < -0.3 is 10.3 Å². The third-order valence-corrected chi connectivity index (χ3v) is 2.66. The van der Waals surface area contributed by atoms with E-state index < -0.39 is 0 Å². The van der Waals surface area contributed by atoms with E-state index in [2.05, 4.69) is 20.8 Å². The summed E-state index contributed by atoms with van der Waals surface area (Å²) in [6, 6.07) is 3.55. The number of aryl methyl sites for hydroxylation is 1. The molecule has 0 amide bonds. The Kier molecular flexibility index (Phi) is 3.35. The maximum absolute atomic E-state index is 11.6. The van der Waals surface area contributed by atoms with Crippen LogP contribution < -0.4 is 11.3 Å². The largest absolute Gasteiger partial charge is 0.326 e. The summed E-state index contributed by atoms with van der Waals surface area (Å²) in [4.78, 5) is 11.6. The monoisotopic (exact) mass is 208 g/mol. The second-order valence-corrected chi connectivity index (χ2v) is 5.17. The Morgan fingerprint density at radius 3 is 2.53 bits per heavy atom. The second kappa shape index (κ2) is 4.19. The summed E-state index contributed by atoms with van der Waals surface area (Å²) in [6.45, 7) is 8.72. The zero-order chi connectivity index (χ0) is 11.6. The van der Waals surface area contributed by atoms with Gasteiger partial charge in [0.2, 0.25) is 0 Å². The zero-order valence-corrected chi connectivity index (χ0v) is 9.95. The first kappa shape index (κ1) is 12.0. The number of nitrogens with zero attached hydrogens (tertiary/aromatic N) is 1. The highest BCUT2D eigenvalue weighted by atomic mass is 16.1. The molecule has 0 saturated heterocycles. The van der Waals surface area contributed by atoms with Crippen molar-refractivity contribution in [1.82, 2.24) is 4.57 Å². The van der Waals surface area contributed by atoms with Crippen LogP contribution in [-0.2, 0) is 6.54 Å². The quantitative estimate of drug-likeness (QED) is 0.801. The zero-order valence-electron chi connectivity index (χ0n) is 9.95. The lowest BCUT2D eigenvalue weighted by Crippen LogP contribution is -2.41. The molecule has 0 aliphatic carbocycles. The number of hydrogen-bond donors (Lipinski definition) is 1. The summed E-state index contributed by atoms with van der Waals surface area (Å²) in [5.74, 6) is 0. The Bertz CT molecular complexity index is 387. The van der Waals surface area contributed by atoms with Gasteiger partial charge in [-0.2, -0.15) is 0 Å². The molecule has 0 spiro atoms. The number of aromatic nitrogens is 1. The van der Waals surface area contributed by atoms with E-state index in [-0.39, 0.29) is 17.0 Å². The Morgan fingerprint density at radius 1 is 1.47 bits per heavy atom. The van der Waals surface area contributed by atoms with Crippen LogP contribution in [0.25, 0.3) is 0 Å². The third kappa shape index (κ3) is 3.20. The molecule has 0 fully saturated rings. The first-order chi connectivity index (χ1) is 6.80. The van der Waals surface area contributed by atoms with Crippen LogP contribution in [0.1, 0.15) is 26.3 Å². The third-order valence-electron chi connectivity index (χ3n) is 2.66.